The second-order valence-electron chi connectivity index (χ2n) is 10.5. The molecule has 35 heavy (non-hydrogen) atoms. The number of nitrogens with zero attached hydrogens (tertiary/aromatic N) is 2. The molecule has 2 aromatic carbocycles. The molecule has 0 unspecified atom stereocenters. The molecule has 2 spiro atoms. The van der Waals surface area contributed by atoms with Crippen LogP contribution in [0.1, 0.15) is 47.2 Å². The number of carbonyl (C=O) groups excluding carboxylic acids is 1. The minimum atomic E-state index is -4.22. The summed E-state index contributed by atoms with van der Waals surface area (Å²) in [6.07, 6.45) is 0.795. The molecule has 0 radical (unpaired) electrons. The number of carbonyl (C=O) groups is 1. The molecule has 186 valence electrons. The molecule has 0 atom stereocenters. The summed E-state index contributed by atoms with van der Waals surface area (Å²) in [6.45, 7) is 1.78. The van der Waals surface area contributed by atoms with Crippen molar-refractivity contribution in [1.29, 1.82) is 0 Å². The molecular formula is C26H27F3IN3O2. The van der Waals surface area contributed by atoms with Crippen LogP contribution in [0.4, 0.5) is 24.5 Å². The molecule has 3 fully saturated rings. The van der Waals surface area contributed by atoms with Crippen molar-refractivity contribution in [2.75, 3.05) is 42.9 Å². The number of halogens is 4. The largest absolute Gasteiger partial charge is 0.401 e. The number of anilines is 2. The Morgan fingerprint density at radius 3 is 2.49 bits per heavy atom. The molecule has 1 amide bonds. The van der Waals surface area contributed by atoms with Crippen LogP contribution in [0.5, 0.6) is 0 Å². The molecule has 0 bridgehead atoms. The third kappa shape index (κ3) is 4.55. The number of nitrogens with one attached hydrogen (secondary N) is 1. The number of hydrogen-bond acceptors (Lipinski definition) is 4. The summed E-state index contributed by atoms with van der Waals surface area (Å²) in [6, 6.07) is 11.5. The van der Waals surface area contributed by atoms with Gasteiger partial charge < -0.3 is 15.0 Å². The van der Waals surface area contributed by atoms with E-state index in [1.54, 1.807) is 0 Å². The minimum absolute atomic E-state index is 0.177. The summed E-state index contributed by atoms with van der Waals surface area (Å²) in [5.74, 6) is -0.177. The van der Waals surface area contributed by atoms with E-state index in [0.717, 1.165) is 33.5 Å². The standard InChI is InChI=1S/C26H27F3IN3O2/c27-26(28,29)16-32-14-25(15-32)21-12-19(3-1-17(21)13-35-25)31-23(34)20-4-2-18(30)11-22(20)33-9-7-24(5-6-24)8-10-33/h1-4,11-12H,5-10,13-16H2,(H,31,34). The Morgan fingerprint density at radius 2 is 1.80 bits per heavy atom. The van der Waals surface area contributed by atoms with E-state index in [1.807, 2.05) is 30.3 Å². The molecule has 0 aromatic heterocycles. The normalized spacial score (nSPS) is 22.2. The lowest BCUT2D eigenvalue weighted by atomic mass is 9.85. The Balaban J connectivity index is 1.19. The predicted octanol–water partition coefficient (Wildman–Crippen LogP) is 5.53. The molecule has 1 aliphatic carbocycles. The minimum Gasteiger partial charge on any atom is -0.371 e. The Labute approximate surface area is 216 Å². The highest BCUT2D eigenvalue weighted by molar-refractivity contribution is 14.1. The summed E-state index contributed by atoms with van der Waals surface area (Å²) < 4.78 is 45.3. The Kier molecular flexibility index (Phi) is 5.61. The van der Waals surface area contributed by atoms with E-state index < -0.39 is 18.3 Å². The fraction of sp³-hybridized carbons (Fsp3) is 0.500. The Hall–Kier alpha value is -1.85. The average Bonchev–Trinajstić information content (AvgIpc) is 3.43. The number of rotatable bonds is 4. The van der Waals surface area contributed by atoms with Gasteiger partial charge in [0.05, 0.1) is 24.4 Å². The highest BCUT2D eigenvalue weighted by Crippen LogP contribution is 2.54. The average molecular weight is 597 g/mol. The van der Waals surface area contributed by atoms with Crippen molar-refractivity contribution in [2.24, 2.45) is 5.41 Å². The molecule has 2 aromatic rings. The van der Waals surface area contributed by atoms with Crippen molar-refractivity contribution in [3.05, 3.63) is 56.7 Å². The monoisotopic (exact) mass is 597 g/mol. The summed E-state index contributed by atoms with van der Waals surface area (Å²) >= 11 is 2.28. The third-order valence-electron chi connectivity index (χ3n) is 8.05. The van der Waals surface area contributed by atoms with Gasteiger partial charge in [-0.25, -0.2) is 0 Å². The molecule has 5 nitrogen and oxygen atoms in total. The highest BCUT2D eigenvalue weighted by Gasteiger charge is 2.52. The second kappa shape index (κ2) is 8.34. The van der Waals surface area contributed by atoms with Crippen LogP contribution in [0.15, 0.2) is 36.4 Å². The maximum atomic E-state index is 13.4. The van der Waals surface area contributed by atoms with Gasteiger partial charge in [0.1, 0.15) is 5.60 Å². The molecular weight excluding hydrogens is 570 g/mol. The fourth-order valence-electron chi connectivity index (χ4n) is 5.86. The Bertz CT molecular complexity index is 1160. The zero-order valence-electron chi connectivity index (χ0n) is 19.3. The molecule has 3 heterocycles. The van der Waals surface area contributed by atoms with Crippen LogP contribution in [-0.2, 0) is 16.9 Å². The first-order valence-corrected chi connectivity index (χ1v) is 13.1. The van der Waals surface area contributed by atoms with Gasteiger partial charge in [0.25, 0.3) is 5.91 Å². The van der Waals surface area contributed by atoms with E-state index in [1.165, 1.54) is 30.6 Å². The van der Waals surface area contributed by atoms with Crippen LogP contribution < -0.4 is 10.2 Å². The van der Waals surface area contributed by atoms with Gasteiger partial charge in [0, 0.05) is 35.4 Å². The number of fused-ring (bicyclic) bond motifs is 2. The highest BCUT2D eigenvalue weighted by atomic mass is 127. The van der Waals surface area contributed by atoms with Crippen LogP contribution in [0.3, 0.4) is 0 Å². The van der Waals surface area contributed by atoms with Crippen LogP contribution in [-0.4, -0.2) is 49.7 Å². The third-order valence-corrected chi connectivity index (χ3v) is 8.72. The molecule has 9 heteroatoms. The molecule has 3 aliphatic heterocycles. The number of piperidine rings is 1. The lowest BCUT2D eigenvalue weighted by Gasteiger charge is -2.47. The topological polar surface area (TPSA) is 44.8 Å². The number of ether oxygens (including phenoxy) is 1. The number of alkyl halides is 3. The summed E-state index contributed by atoms with van der Waals surface area (Å²) in [7, 11) is 0. The van der Waals surface area contributed by atoms with E-state index >= 15 is 0 Å². The molecule has 1 saturated carbocycles. The van der Waals surface area contributed by atoms with Crippen molar-refractivity contribution in [3.63, 3.8) is 0 Å². The van der Waals surface area contributed by atoms with Crippen LogP contribution in [0.2, 0.25) is 0 Å². The van der Waals surface area contributed by atoms with Gasteiger partial charge in [0.15, 0.2) is 0 Å². The van der Waals surface area contributed by atoms with Gasteiger partial charge in [-0.05, 0) is 95.1 Å². The first kappa shape index (κ1) is 23.5. The fourth-order valence-corrected chi connectivity index (χ4v) is 6.33. The van der Waals surface area contributed by atoms with Gasteiger partial charge in [-0.2, -0.15) is 13.2 Å². The smallest absolute Gasteiger partial charge is 0.371 e. The number of amides is 1. The number of benzene rings is 2. The zero-order chi connectivity index (χ0) is 24.4. The second-order valence-corrected chi connectivity index (χ2v) is 11.8. The van der Waals surface area contributed by atoms with Crippen molar-refractivity contribution in [3.8, 4) is 0 Å². The molecule has 1 N–H and O–H groups in total. The zero-order valence-corrected chi connectivity index (χ0v) is 21.4. The SMILES string of the molecule is O=C(Nc1ccc2c(c1)C1(CN(CC(F)(F)F)C1)OC2)c1ccc(I)cc1N1CCC2(CC1)CC2. The van der Waals surface area contributed by atoms with Crippen LogP contribution in [0, 0.1) is 8.99 Å². The van der Waals surface area contributed by atoms with Gasteiger partial charge in [-0.15, -0.1) is 0 Å². The maximum absolute atomic E-state index is 13.4. The number of hydrogen-bond donors (Lipinski definition) is 1. The van der Waals surface area contributed by atoms with Gasteiger partial charge in [0.2, 0.25) is 0 Å². The van der Waals surface area contributed by atoms with Gasteiger partial charge in [-0.3, -0.25) is 9.69 Å². The van der Waals surface area contributed by atoms with Crippen LogP contribution in [0.25, 0.3) is 0 Å². The van der Waals surface area contributed by atoms with Crippen molar-refractivity contribution in [1.82, 2.24) is 4.90 Å². The van der Waals surface area contributed by atoms with Crippen LogP contribution >= 0.6 is 22.6 Å². The first-order valence-electron chi connectivity index (χ1n) is 12.1. The molecule has 4 aliphatic rings. The number of likely N-dealkylation sites (tertiary alicyclic amines) is 1. The molecule has 2 saturated heterocycles. The summed E-state index contributed by atoms with van der Waals surface area (Å²) in [4.78, 5) is 17.1. The van der Waals surface area contributed by atoms with E-state index in [0.29, 0.717) is 23.3 Å². The molecule has 6 rings (SSSR count). The van der Waals surface area contributed by atoms with E-state index in [9.17, 15) is 18.0 Å². The van der Waals surface area contributed by atoms with Crippen molar-refractivity contribution in [2.45, 2.75) is 44.1 Å². The van der Waals surface area contributed by atoms with E-state index in [2.05, 4.69) is 38.9 Å². The van der Waals surface area contributed by atoms with Gasteiger partial charge >= 0.3 is 6.18 Å². The van der Waals surface area contributed by atoms with E-state index in [-0.39, 0.29) is 19.0 Å². The quantitative estimate of drug-likeness (QED) is 0.472. The first-order chi connectivity index (χ1) is 16.6. The summed E-state index contributed by atoms with van der Waals surface area (Å²) in [5, 5.41) is 3.03. The van der Waals surface area contributed by atoms with Gasteiger partial charge in [-0.1, -0.05) is 6.07 Å². The lowest BCUT2D eigenvalue weighted by Crippen LogP contribution is -2.61. The van der Waals surface area contributed by atoms with Crippen molar-refractivity contribution >= 4 is 39.9 Å². The predicted molar refractivity (Wildman–Crippen MR) is 136 cm³/mol. The lowest BCUT2D eigenvalue weighted by molar-refractivity contribution is -0.199. The summed E-state index contributed by atoms with van der Waals surface area (Å²) in [5.41, 5.74) is 3.92. The van der Waals surface area contributed by atoms with E-state index in [4.69, 9.17) is 4.74 Å². The maximum Gasteiger partial charge on any atom is 0.401 e. The Morgan fingerprint density at radius 1 is 1.06 bits per heavy atom. The van der Waals surface area contributed by atoms with Crippen molar-refractivity contribution < 1.29 is 22.7 Å².